The van der Waals surface area contributed by atoms with E-state index >= 15 is 0 Å². The molecule has 1 aromatic carbocycles. The summed E-state index contributed by atoms with van der Waals surface area (Å²) in [7, 11) is 0. The fraction of sp³-hybridized carbons (Fsp3) is 0.438. The summed E-state index contributed by atoms with van der Waals surface area (Å²) in [6, 6.07) is 8.25. The number of halogens is 1. The molecule has 1 heterocycles. The molecule has 4 heteroatoms. The fourth-order valence-electron chi connectivity index (χ4n) is 3.03. The van der Waals surface area contributed by atoms with Gasteiger partial charge in [0.2, 0.25) is 0 Å². The van der Waals surface area contributed by atoms with Crippen LogP contribution in [0.5, 0.6) is 0 Å². The first-order valence-electron chi connectivity index (χ1n) is 7.30. The lowest BCUT2D eigenvalue weighted by molar-refractivity contribution is 0.433. The Hall–Kier alpha value is -1.29. The van der Waals surface area contributed by atoms with E-state index in [4.69, 9.17) is 10.8 Å². The second kappa shape index (κ2) is 6.00. The van der Waals surface area contributed by atoms with Gasteiger partial charge in [-0.05, 0) is 24.5 Å². The second-order valence-corrected chi connectivity index (χ2v) is 6.45. The highest BCUT2D eigenvalue weighted by Crippen LogP contribution is 2.34. The van der Waals surface area contributed by atoms with Crippen molar-refractivity contribution in [2.45, 2.75) is 44.6 Å². The molecule has 1 fully saturated rings. The molecule has 0 aliphatic heterocycles. The Morgan fingerprint density at radius 2 is 1.95 bits per heavy atom. The minimum absolute atomic E-state index is 0.559. The average molecular weight is 334 g/mol. The Morgan fingerprint density at radius 3 is 2.70 bits per heavy atom. The largest absolute Gasteiger partial charge is 0.396 e. The second-order valence-electron chi connectivity index (χ2n) is 5.59. The summed E-state index contributed by atoms with van der Waals surface area (Å²) in [5.74, 6) is 0.559. The molecule has 0 bridgehead atoms. The highest BCUT2D eigenvalue weighted by molar-refractivity contribution is 9.10. The van der Waals surface area contributed by atoms with Crippen molar-refractivity contribution in [3.63, 3.8) is 0 Å². The van der Waals surface area contributed by atoms with Crippen molar-refractivity contribution in [2.24, 2.45) is 0 Å². The summed E-state index contributed by atoms with van der Waals surface area (Å²) in [4.78, 5) is 0. The van der Waals surface area contributed by atoms with Crippen LogP contribution in [0.25, 0.3) is 0 Å². The lowest BCUT2D eigenvalue weighted by Crippen LogP contribution is -2.08. The molecule has 0 saturated heterocycles. The summed E-state index contributed by atoms with van der Waals surface area (Å²) < 4.78 is 3.09. The number of nitrogens with two attached hydrogens (primary N) is 1. The normalized spacial score (nSPS) is 16.4. The number of hydrogen-bond acceptors (Lipinski definition) is 2. The van der Waals surface area contributed by atoms with Crippen molar-refractivity contribution in [3.05, 3.63) is 46.2 Å². The number of anilines is 1. The maximum Gasteiger partial charge on any atom is 0.0884 e. The fourth-order valence-corrected chi connectivity index (χ4v) is 3.44. The lowest BCUT2D eigenvalue weighted by Gasteiger charge is -2.20. The molecule has 0 atom stereocenters. The van der Waals surface area contributed by atoms with Gasteiger partial charge in [0.15, 0.2) is 0 Å². The van der Waals surface area contributed by atoms with Crippen LogP contribution in [0.2, 0.25) is 0 Å². The molecule has 2 N–H and O–H groups in total. The SMILES string of the molecule is Nc1cn(Cc2ccccc2Br)nc1C1CCCCC1. The standard InChI is InChI=1S/C16H20BrN3/c17-14-9-5-4-8-13(14)10-20-11-15(18)16(19-20)12-6-2-1-3-7-12/h4-5,8-9,11-12H,1-3,6-7,10,18H2. The molecule has 1 saturated carbocycles. The van der Waals surface area contributed by atoms with Crippen molar-refractivity contribution < 1.29 is 0 Å². The predicted molar refractivity (Wildman–Crippen MR) is 85.7 cm³/mol. The molecule has 0 spiro atoms. The highest BCUT2D eigenvalue weighted by Gasteiger charge is 2.21. The van der Waals surface area contributed by atoms with Crippen LogP contribution in [-0.4, -0.2) is 9.78 Å². The molecule has 0 unspecified atom stereocenters. The molecule has 0 radical (unpaired) electrons. The summed E-state index contributed by atoms with van der Waals surface area (Å²) in [6.45, 7) is 0.762. The Kier molecular flexibility index (Phi) is 4.10. The van der Waals surface area contributed by atoms with Gasteiger partial charge < -0.3 is 5.73 Å². The van der Waals surface area contributed by atoms with Crippen LogP contribution in [0.4, 0.5) is 5.69 Å². The van der Waals surface area contributed by atoms with Gasteiger partial charge in [0.05, 0.1) is 17.9 Å². The molecule has 20 heavy (non-hydrogen) atoms. The number of nitrogens with zero attached hydrogens (tertiary/aromatic N) is 2. The van der Waals surface area contributed by atoms with Crippen molar-refractivity contribution in [1.29, 1.82) is 0 Å². The van der Waals surface area contributed by atoms with Gasteiger partial charge in [-0.3, -0.25) is 4.68 Å². The maximum atomic E-state index is 6.17. The zero-order valence-electron chi connectivity index (χ0n) is 11.6. The van der Waals surface area contributed by atoms with Gasteiger partial charge >= 0.3 is 0 Å². The number of hydrogen-bond donors (Lipinski definition) is 1. The first-order chi connectivity index (χ1) is 9.74. The Labute approximate surface area is 128 Å². The summed E-state index contributed by atoms with van der Waals surface area (Å²) in [6.07, 6.45) is 8.41. The number of benzene rings is 1. The van der Waals surface area contributed by atoms with Gasteiger partial charge in [-0.25, -0.2) is 0 Å². The lowest BCUT2D eigenvalue weighted by atomic mass is 9.86. The quantitative estimate of drug-likeness (QED) is 0.908. The summed E-state index contributed by atoms with van der Waals surface area (Å²) >= 11 is 3.58. The monoisotopic (exact) mass is 333 g/mol. The van der Waals surface area contributed by atoms with Crippen LogP contribution in [0.3, 0.4) is 0 Å². The van der Waals surface area contributed by atoms with Gasteiger partial charge in [0.25, 0.3) is 0 Å². The Balaban J connectivity index is 1.80. The maximum absolute atomic E-state index is 6.17. The summed E-state index contributed by atoms with van der Waals surface area (Å²) in [5.41, 5.74) is 9.35. The zero-order valence-corrected chi connectivity index (χ0v) is 13.1. The molecule has 2 aromatic rings. The third kappa shape index (κ3) is 2.90. The van der Waals surface area contributed by atoms with Crippen molar-refractivity contribution in [3.8, 4) is 0 Å². The van der Waals surface area contributed by atoms with E-state index in [1.807, 2.05) is 16.9 Å². The number of aromatic nitrogens is 2. The van der Waals surface area contributed by atoms with Crippen LogP contribution < -0.4 is 5.73 Å². The first-order valence-corrected chi connectivity index (χ1v) is 8.09. The first kappa shape index (κ1) is 13.7. The molecule has 1 aliphatic rings. The topological polar surface area (TPSA) is 43.8 Å². The van der Waals surface area contributed by atoms with E-state index in [-0.39, 0.29) is 0 Å². The minimum Gasteiger partial charge on any atom is -0.396 e. The molecule has 1 aliphatic carbocycles. The van der Waals surface area contributed by atoms with Gasteiger partial charge in [0, 0.05) is 16.6 Å². The predicted octanol–water partition coefficient (Wildman–Crippen LogP) is 4.32. The molecule has 106 valence electrons. The highest BCUT2D eigenvalue weighted by atomic mass is 79.9. The van der Waals surface area contributed by atoms with E-state index in [0.717, 1.165) is 22.4 Å². The van der Waals surface area contributed by atoms with Gasteiger partial charge in [0.1, 0.15) is 0 Å². The molecule has 0 amide bonds. The number of nitrogen functional groups attached to an aromatic ring is 1. The van der Waals surface area contributed by atoms with Crippen LogP contribution in [-0.2, 0) is 6.54 Å². The van der Waals surface area contributed by atoms with E-state index in [9.17, 15) is 0 Å². The van der Waals surface area contributed by atoms with Gasteiger partial charge in [-0.15, -0.1) is 0 Å². The van der Waals surface area contributed by atoms with Crippen LogP contribution >= 0.6 is 15.9 Å². The van der Waals surface area contributed by atoms with Crippen LogP contribution in [0.15, 0.2) is 34.9 Å². The Bertz CT molecular complexity index is 585. The smallest absolute Gasteiger partial charge is 0.0884 e. The minimum atomic E-state index is 0.559. The van der Waals surface area contributed by atoms with Crippen LogP contribution in [0, 0.1) is 0 Å². The van der Waals surface area contributed by atoms with Crippen LogP contribution in [0.1, 0.15) is 49.3 Å². The van der Waals surface area contributed by atoms with E-state index in [1.165, 1.54) is 37.7 Å². The molecular formula is C16H20BrN3. The third-order valence-corrected chi connectivity index (χ3v) is 4.88. The number of rotatable bonds is 3. The van der Waals surface area contributed by atoms with E-state index in [0.29, 0.717) is 5.92 Å². The van der Waals surface area contributed by atoms with E-state index < -0.39 is 0 Å². The van der Waals surface area contributed by atoms with Gasteiger partial charge in [-0.1, -0.05) is 53.4 Å². The Morgan fingerprint density at radius 1 is 1.20 bits per heavy atom. The van der Waals surface area contributed by atoms with Gasteiger partial charge in [-0.2, -0.15) is 5.10 Å². The molecular weight excluding hydrogens is 314 g/mol. The van der Waals surface area contributed by atoms with Crippen molar-refractivity contribution in [1.82, 2.24) is 9.78 Å². The molecule has 3 rings (SSSR count). The van der Waals surface area contributed by atoms with Crippen molar-refractivity contribution >= 4 is 21.6 Å². The van der Waals surface area contributed by atoms with E-state index in [1.54, 1.807) is 0 Å². The average Bonchev–Trinajstić information content (AvgIpc) is 2.83. The summed E-state index contributed by atoms with van der Waals surface area (Å²) in [5, 5.41) is 4.74. The zero-order chi connectivity index (χ0) is 13.9. The molecule has 3 nitrogen and oxygen atoms in total. The third-order valence-electron chi connectivity index (χ3n) is 4.10. The van der Waals surface area contributed by atoms with E-state index in [2.05, 4.69) is 34.1 Å². The van der Waals surface area contributed by atoms with Crippen molar-refractivity contribution in [2.75, 3.05) is 5.73 Å². The molecule has 1 aromatic heterocycles.